The molecular weight excluding hydrogens is 354 g/mol. The number of nitrogens with one attached hydrogen (secondary N) is 1. The van der Waals surface area contributed by atoms with Crippen molar-refractivity contribution in [2.45, 2.75) is 6.92 Å². The van der Waals surface area contributed by atoms with Gasteiger partial charge in [0.2, 0.25) is 5.88 Å². The van der Waals surface area contributed by atoms with Gasteiger partial charge in [0.15, 0.2) is 11.5 Å². The Hall–Kier alpha value is -3.48. The molecular formula is C20H16F2N2O3. The van der Waals surface area contributed by atoms with Gasteiger partial charge in [0.1, 0.15) is 11.6 Å². The lowest BCUT2D eigenvalue weighted by atomic mass is 10.2. The molecule has 0 unspecified atom stereocenters. The molecule has 7 heteroatoms. The molecule has 0 saturated heterocycles. The van der Waals surface area contributed by atoms with Crippen molar-refractivity contribution < 1.29 is 23.0 Å². The van der Waals surface area contributed by atoms with Crippen LogP contribution in [-0.4, -0.2) is 18.0 Å². The molecule has 0 aliphatic carbocycles. The van der Waals surface area contributed by atoms with Gasteiger partial charge in [0.25, 0.3) is 5.91 Å². The topological polar surface area (TPSA) is 60.5 Å². The Bertz CT molecular complexity index is 955. The van der Waals surface area contributed by atoms with Gasteiger partial charge in [-0.15, -0.1) is 0 Å². The van der Waals surface area contributed by atoms with E-state index in [-0.39, 0.29) is 5.56 Å². The van der Waals surface area contributed by atoms with E-state index in [1.807, 2.05) is 19.1 Å². The van der Waals surface area contributed by atoms with E-state index in [4.69, 9.17) is 9.47 Å². The van der Waals surface area contributed by atoms with E-state index in [0.717, 1.165) is 17.7 Å². The van der Waals surface area contributed by atoms with Gasteiger partial charge in [-0.05, 0) is 42.8 Å². The first kappa shape index (κ1) is 18.3. The zero-order valence-corrected chi connectivity index (χ0v) is 14.6. The van der Waals surface area contributed by atoms with Crippen molar-refractivity contribution in [3.05, 3.63) is 77.5 Å². The Morgan fingerprint density at radius 1 is 1.00 bits per heavy atom. The molecule has 138 valence electrons. The molecule has 0 fully saturated rings. The first-order valence-electron chi connectivity index (χ1n) is 8.00. The van der Waals surface area contributed by atoms with E-state index in [1.165, 1.54) is 6.20 Å². The van der Waals surface area contributed by atoms with Crippen LogP contribution in [0.2, 0.25) is 0 Å². The number of methoxy groups -OCH3 is 1. The minimum atomic E-state index is -0.825. The van der Waals surface area contributed by atoms with Gasteiger partial charge in [-0.2, -0.15) is 0 Å². The molecule has 27 heavy (non-hydrogen) atoms. The Kier molecular flexibility index (Phi) is 5.30. The van der Waals surface area contributed by atoms with Gasteiger partial charge < -0.3 is 14.8 Å². The summed E-state index contributed by atoms with van der Waals surface area (Å²) in [6.45, 7) is 1.94. The molecule has 1 amide bonds. The van der Waals surface area contributed by atoms with Crippen molar-refractivity contribution in [1.29, 1.82) is 0 Å². The third kappa shape index (κ3) is 4.58. The summed E-state index contributed by atoms with van der Waals surface area (Å²) in [6.07, 6.45) is 1.38. The summed E-state index contributed by atoms with van der Waals surface area (Å²) >= 11 is 0. The number of carbonyl (C=O) groups excluding carboxylic acids is 1. The van der Waals surface area contributed by atoms with Crippen molar-refractivity contribution >= 4 is 11.6 Å². The second-order valence-electron chi connectivity index (χ2n) is 5.75. The molecule has 0 spiro atoms. The number of amides is 1. The SMILES string of the molecule is COc1cc(C)ccc1Oc1ccc(NC(=O)c2cc(F)cc(F)c2)cn1. The standard InChI is InChI=1S/C20H16F2N2O3/c1-12-3-5-17(18(7-12)26-2)27-19-6-4-16(11-23-19)24-20(25)13-8-14(21)10-15(22)9-13/h3-11H,1-2H3,(H,24,25). The Labute approximate surface area is 154 Å². The van der Waals surface area contributed by atoms with Crippen LogP contribution in [-0.2, 0) is 0 Å². The van der Waals surface area contributed by atoms with E-state index >= 15 is 0 Å². The van der Waals surface area contributed by atoms with E-state index in [9.17, 15) is 13.6 Å². The smallest absolute Gasteiger partial charge is 0.255 e. The molecule has 2 aromatic carbocycles. The van der Waals surface area contributed by atoms with Crippen molar-refractivity contribution in [2.24, 2.45) is 0 Å². The molecule has 5 nitrogen and oxygen atoms in total. The number of halogens is 2. The molecule has 0 aliphatic heterocycles. The lowest BCUT2D eigenvalue weighted by Crippen LogP contribution is -2.12. The maximum absolute atomic E-state index is 13.2. The molecule has 1 heterocycles. The van der Waals surface area contributed by atoms with Crippen LogP contribution >= 0.6 is 0 Å². The van der Waals surface area contributed by atoms with Crippen LogP contribution in [0.1, 0.15) is 15.9 Å². The lowest BCUT2D eigenvalue weighted by Gasteiger charge is -2.11. The van der Waals surface area contributed by atoms with Crippen molar-refractivity contribution in [1.82, 2.24) is 4.98 Å². The Balaban J connectivity index is 1.71. The number of hydrogen-bond acceptors (Lipinski definition) is 4. The van der Waals surface area contributed by atoms with Gasteiger partial charge in [-0.3, -0.25) is 4.79 Å². The summed E-state index contributed by atoms with van der Waals surface area (Å²) in [7, 11) is 1.54. The van der Waals surface area contributed by atoms with Gasteiger partial charge in [-0.1, -0.05) is 6.07 Å². The van der Waals surface area contributed by atoms with Crippen molar-refractivity contribution in [3.63, 3.8) is 0 Å². The second kappa shape index (κ2) is 7.82. The molecule has 1 aromatic heterocycles. The maximum atomic E-state index is 13.2. The van der Waals surface area contributed by atoms with Crippen LogP contribution < -0.4 is 14.8 Å². The summed E-state index contributed by atoms with van der Waals surface area (Å²) in [4.78, 5) is 16.2. The molecule has 0 radical (unpaired) electrons. The third-order valence-electron chi connectivity index (χ3n) is 3.65. The minimum Gasteiger partial charge on any atom is -0.493 e. The average molecular weight is 370 g/mol. The number of aromatic nitrogens is 1. The highest BCUT2D eigenvalue weighted by atomic mass is 19.1. The normalized spacial score (nSPS) is 10.4. The second-order valence-corrected chi connectivity index (χ2v) is 5.75. The van der Waals surface area contributed by atoms with Crippen LogP contribution in [0.25, 0.3) is 0 Å². The Morgan fingerprint density at radius 3 is 2.37 bits per heavy atom. The van der Waals surface area contributed by atoms with Gasteiger partial charge in [0.05, 0.1) is 19.0 Å². The number of hydrogen-bond donors (Lipinski definition) is 1. The highest BCUT2D eigenvalue weighted by Gasteiger charge is 2.11. The summed E-state index contributed by atoms with van der Waals surface area (Å²) in [5, 5.41) is 2.52. The van der Waals surface area contributed by atoms with Crippen LogP contribution in [0.5, 0.6) is 17.4 Å². The molecule has 1 N–H and O–H groups in total. The average Bonchev–Trinajstić information content (AvgIpc) is 2.64. The third-order valence-corrected chi connectivity index (χ3v) is 3.65. The van der Waals surface area contributed by atoms with Crippen LogP contribution in [0.3, 0.4) is 0 Å². The van der Waals surface area contributed by atoms with E-state index < -0.39 is 17.5 Å². The van der Waals surface area contributed by atoms with E-state index in [0.29, 0.717) is 29.1 Å². The van der Waals surface area contributed by atoms with Gasteiger partial charge in [-0.25, -0.2) is 13.8 Å². The molecule has 0 atom stereocenters. The lowest BCUT2D eigenvalue weighted by molar-refractivity contribution is 0.102. The summed E-state index contributed by atoms with van der Waals surface area (Å²) < 4.78 is 37.4. The largest absolute Gasteiger partial charge is 0.493 e. The zero-order chi connectivity index (χ0) is 19.4. The first-order valence-corrected chi connectivity index (χ1v) is 8.00. The van der Waals surface area contributed by atoms with E-state index in [2.05, 4.69) is 10.3 Å². The highest BCUT2D eigenvalue weighted by Crippen LogP contribution is 2.31. The summed E-state index contributed by atoms with van der Waals surface area (Å²) in [5.41, 5.74) is 1.25. The quantitative estimate of drug-likeness (QED) is 0.706. The zero-order valence-electron chi connectivity index (χ0n) is 14.6. The monoisotopic (exact) mass is 370 g/mol. The first-order chi connectivity index (χ1) is 12.9. The maximum Gasteiger partial charge on any atom is 0.255 e. The Morgan fingerprint density at radius 2 is 1.74 bits per heavy atom. The number of pyridine rings is 1. The summed E-state index contributed by atoms with van der Waals surface area (Å²) in [6, 6.07) is 11.2. The van der Waals surface area contributed by atoms with E-state index in [1.54, 1.807) is 25.3 Å². The molecule has 3 aromatic rings. The van der Waals surface area contributed by atoms with Crippen LogP contribution in [0, 0.1) is 18.6 Å². The van der Waals surface area contributed by atoms with Crippen molar-refractivity contribution in [2.75, 3.05) is 12.4 Å². The fourth-order valence-corrected chi connectivity index (χ4v) is 2.37. The number of rotatable bonds is 5. The fourth-order valence-electron chi connectivity index (χ4n) is 2.37. The number of ether oxygens (including phenoxy) is 2. The summed E-state index contributed by atoms with van der Waals surface area (Å²) in [5.74, 6) is -0.927. The number of carbonyl (C=O) groups is 1. The number of nitrogens with zero attached hydrogens (tertiary/aromatic N) is 1. The molecule has 3 rings (SSSR count). The number of anilines is 1. The predicted molar refractivity (Wildman–Crippen MR) is 96.4 cm³/mol. The number of benzene rings is 2. The highest BCUT2D eigenvalue weighted by molar-refractivity contribution is 6.04. The van der Waals surface area contributed by atoms with Crippen molar-refractivity contribution in [3.8, 4) is 17.4 Å². The predicted octanol–water partition coefficient (Wildman–Crippen LogP) is 4.72. The molecule has 0 aliphatic rings. The minimum absolute atomic E-state index is 0.128. The fraction of sp³-hybridized carbons (Fsp3) is 0.100. The van der Waals surface area contributed by atoms with Gasteiger partial charge >= 0.3 is 0 Å². The number of aryl methyl sites for hydroxylation is 1. The molecule has 0 saturated carbocycles. The van der Waals surface area contributed by atoms with Crippen LogP contribution in [0.4, 0.5) is 14.5 Å². The van der Waals surface area contributed by atoms with Crippen LogP contribution in [0.15, 0.2) is 54.7 Å². The van der Waals surface area contributed by atoms with Gasteiger partial charge in [0, 0.05) is 17.7 Å². The molecule has 0 bridgehead atoms.